The number of rotatable bonds is 3. The van der Waals surface area contributed by atoms with Gasteiger partial charge in [0.05, 0.1) is 12.1 Å². The fourth-order valence-corrected chi connectivity index (χ4v) is 1.24. The van der Waals surface area contributed by atoms with E-state index in [1.807, 2.05) is 6.92 Å². The summed E-state index contributed by atoms with van der Waals surface area (Å²) in [6, 6.07) is 3.65. The van der Waals surface area contributed by atoms with E-state index in [1.165, 1.54) is 12.1 Å². The molecule has 86 valence electrons. The van der Waals surface area contributed by atoms with Gasteiger partial charge in [-0.3, -0.25) is 0 Å². The lowest BCUT2D eigenvalue weighted by atomic mass is 10.1. The van der Waals surface area contributed by atoms with E-state index in [0.29, 0.717) is 12.2 Å². The van der Waals surface area contributed by atoms with E-state index in [0.717, 1.165) is 12.5 Å². The van der Waals surface area contributed by atoms with E-state index in [-0.39, 0.29) is 5.69 Å². The fraction of sp³-hybridized carbons (Fsp3) is 0.364. The molecule has 1 aromatic carbocycles. The van der Waals surface area contributed by atoms with Crippen LogP contribution in [0.4, 0.5) is 24.5 Å². The van der Waals surface area contributed by atoms with E-state index in [1.54, 1.807) is 0 Å². The molecule has 0 amide bonds. The molecule has 0 aliphatic heterocycles. The number of alkyl halides is 3. The van der Waals surface area contributed by atoms with Crippen molar-refractivity contribution in [2.24, 2.45) is 0 Å². The van der Waals surface area contributed by atoms with Gasteiger partial charge in [0.25, 0.3) is 0 Å². The summed E-state index contributed by atoms with van der Waals surface area (Å²) in [6.45, 7) is 9.21. The number of hydrogen-bond donors (Lipinski definition) is 1. The molecule has 0 heterocycles. The maximum Gasteiger partial charge on any atom is 0.407 e. The van der Waals surface area contributed by atoms with Gasteiger partial charge in [-0.05, 0) is 18.6 Å². The summed E-state index contributed by atoms with van der Waals surface area (Å²) < 4.78 is 37.7. The van der Waals surface area contributed by atoms with E-state index in [9.17, 15) is 13.2 Å². The molecule has 0 fully saturated rings. The summed E-state index contributed by atoms with van der Waals surface area (Å²) in [5.41, 5.74) is -0.861. The Labute approximate surface area is 91.9 Å². The predicted molar refractivity (Wildman–Crippen MR) is 56.5 cm³/mol. The van der Waals surface area contributed by atoms with Crippen molar-refractivity contribution in [2.75, 3.05) is 11.9 Å². The van der Waals surface area contributed by atoms with Crippen LogP contribution >= 0.6 is 0 Å². The minimum Gasteiger partial charge on any atom is -0.385 e. The summed E-state index contributed by atoms with van der Waals surface area (Å²) >= 11 is 0. The molecule has 1 N–H and O–H groups in total. The highest BCUT2D eigenvalue weighted by molar-refractivity contribution is 5.61. The second-order valence-corrected chi connectivity index (χ2v) is 3.27. The highest BCUT2D eigenvalue weighted by Gasteiger charge is 2.33. The fourth-order valence-electron chi connectivity index (χ4n) is 1.24. The van der Waals surface area contributed by atoms with Gasteiger partial charge in [-0.15, -0.1) is 0 Å². The number of anilines is 1. The summed E-state index contributed by atoms with van der Waals surface area (Å²) in [6.07, 6.45) is -3.66. The van der Waals surface area contributed by atoms with Crippen LogP contribution in [0.25, 0.3) is 4.85 Å². The first-order chi connectivity index (χ1) is 7.49. The second-order valence-electron chi connectivity index (χ2n) is 3.27. The van der Waals surface area contributed by atoms with Gasteiger partial charge >= 0.3 is 6.18 Å². The highest BCUT2D eigenvalue weighted by Crippen LogP contribution is 2.37. The number of hydrogen-bond acceptors (Lipinski definition) is 1. The lowest BCUT2D eigenvalue weighted by Gasteiger charge is -2.11. The van der Waals surface area contributed by atoms with E-state index in [2.05, 4.69) is 10.2 Å². The van der Waals surface area contributed by atoms with Crippen molar-refractivity contribution in [1.82, 2.24) is 0 Å². The Balaban J connectivity index is 3.08. The summed E-state index contributed by atoms with van der Waals surface area (Å²) in [4.78, 5) is 2.86. The van der Waals surface area contributed by atoms with Gasteiger partial charge in [0.1, 0.15) is 0 Å². The predicted octanol–water partition coefficient (Wildman–Crippen LogP) is 4.08. The van der Waals surface area contributed by atoms with Crippen molar-refractivity contribution >= 4 is 11.4 Å². The molecular formula is C11H11F3N2. The largest absolute Gasteiger partial charge is 0.407 e. The van der Waals surface area contributed by atoms with Crippen molar-refractivity contribution < 1.29 is 13.2 Å². The maximum atomic E-state index is 12.6. The van der Waals surface area contributed by atoms with Gasteiger partial charge in [0, 0.05) is 12.2 Å². The number of halogens is 3. The van der Waals surface area contributed by atoms with Crippen LogP contribution in [0.2, 0.25) is 0 Å². The lowest BCUT2D eigenvalue weighted by molar-refractivity contribution is -0.136. The van der Waals surface area contributed by atoms with Crippen LogP contribution in [0, 0.1) is 6.57 Å². The molecule has 2 nitrogen and oxygen atoms in total. The van der Waals surface area contributed by atoms with Crippen LogP contribution in [0.5, 0.6) is 0 Å². The van der Waals surface area contributed by atoms with Crippen molar-refractivity contribution in [3.05, 3.63) is 35.2 Å². The SMILES string of the molecule is [C-]#[N+]c1ccc(NCCC)cc1C(F)(F)F. The molecule has 0 aliphatic carbocycles. The zero-order valence-corrected chi connectivity index (χ0v) is 8.73. The van der Waals surface area contributed by atoms with E-state index >= 15 is 0 Å². The molecule has 1 aromatic rings. The molecule has 0 bridgehead atoms. The first kappa shape index (κ1) is 12.4. The third-order valence-electron chi connectivity index (χ3n) is 2.00. The summed E-state index contributed by atoms with van der Waals surface area (Å²) in [5.74, 6) is 0. The van der Waals surface area contributed by atoms with Crippen molar-refractivity contribution in [3.63, 3.8) is 0 Å². The second kappa shape index (κ2) is 4.88. The molecule has 16 heavy (non-hydrogen) atoms. The molecule has 0 aromatic heterocycles. The molecule has 0 aliphatic rings. The minimum atomic E-state index is -4.48. The Hall–Kier alpha value is -1.70. The Kier molecular flexibility index (Phi) is 3.78. The first-order valence-corrected chi connectivity index (χ1v) is 4.81. The zero-order valence-electron chi connectivity index (χ0n) is 8.73. The highest BCUT2D eigenvalue weighted by atomic mass is 19.4. The molecular weight excluding hydrogens is 217 g/mol. The smallest absolute Gasteiger partial charge is 0.385 e. The molecule has 0 saturated heterocycles. The third-order valence-corrected chi connectivity index (χ3v) is 2.00. The molecule has 1 rings (SSSR count). The Morgan fingerprint density at radius 3 is 2.56 bits per heavy atom. The average molecular weight is 228 g/mol. The van der Waals surface area contributed by atoms with Crippen molar-refractivity contribution in [2.45, 2.75) is 19.5 Å². The van der Waals surface area contributed by atoms with Crippen LogP contribution < -0.4 is 5.32 Å². The monoisotopic (exact) mass is 228 g/mol. The standard InChI is InChI=1S/C11H11F3N2/c1-3-6-16-8-4-5-10(15-2)9(7-8)11(12,13)14/h4-5,7,16H,3,6H2,1H3. The molecule has 0 unspecified atom stereocenters. The average Bonchev–Trinajstić information content (AvgIpc) is 2.24. The van der Waals surface area contributed by atoms with Gasteiger partial charge in [-0.2, -0.15) is 13.2 Å². The minimum absolute atomic E-state index is 0.366. The number of nitrogens with one attached hydrogen (secondary N) is 1. The Morgan fingerprint density at radius 1 is 1.38 bits per heavy atom. The Morgan fingerprint density at radius 2 is 2.06 bits per heavy atom. The molecule has 0 atom stereocenters. The van der Waals surface area contributed by atoms with E-state index in [4.69, 9.17) is 6.57 Å². The van der Waals surface area contributed by atoms with Crippen LogP contribution in [-0.2, 0) is 6.18 Å². The Bertz CT molecular complexity index is 405. The van der Waals surface area contributed by atoms with Gasteiger partial charge in [-0.1, -0.05) is 13.0 Å². The quantitative estimate of drug-likeness (QED) is 0.771. The lowest BCUT2D eigenvalue weighted by Crippen LogP contribution is -2.07. The van der Waals surface area contributed by atoms with Gasteiger partial charge in [0.2, 0.25) is 0 Å². The molecule has 0 radical (unpaired) electrons. The zero-order chi connectivity index (χ0) is 12.2. The van der Waals surface area contributed by atoms with Crippen LogP contribution in [0.3, 0.4) is 0 Å². The van der Waals surface area contributed by atoms with Gasteiger partial charge < -0.3 is 5.32 Å². The summed E-state index contributed by atoms with van der Waals surface area (Å²) in [7, 11) is 0. The van der Waals surface area contributed by atoms with Crippen molar-refractivity contribution in [3.8, 4) is 0 Å². The third kappa shape index (κ3) is 2.89. The van der Waals surface area contributed by atoms with E-state index < -0.39 is 11.7 Å². The maximum absolute atomic E-state index is 12.6. The molecule has 0 spiro atoms. The number of benzene rings is 1. The van der Waals surface area contributed by atoms with Crippen LogP contribution in [-0.4, -0.2) is 6.54 Å². The summed E-state index contributed by atoms with van der Waals surface area (Å²) in [5, 5.41) is 2.86. The topological polar surface area (TPSA) is 16.4 Å². The molecule has 0 saturated carbocycles. The van der Waals surface area contributed by atoms with Gasteiger partial charge in [0.15, 0.2) is 5.69 Å². The molecule has 5 heteroatoms. The normalized spacial score (nSPS) is 10.9. The number of nitrogens with zero attached hydrogens (tertiary/aromatic N) is 1. The van der Waals surface area contributed by atoms with Gasteiger partial charge in [-0.25, -0.2) is 4.85 Å². The van der Waals surface area contributed by atoms with Crippen LogP contribution in [0.15, 0.2) is 18.2 Å². The van der Waals surface area contributed by atoms with Crippen molar-refractivity contribution in [1.29, 1.82) is 0 Å². The van der Waals surface area contributed by atoms with Crippen LogP contribution in [0.1, 0.15) is 18.9 Å². The first-order valence-electron chi connectivity index (χ1n) is 4.81.